The first-order valence-electron chi connectivity index (χ1n) is 5.02. The van der Waals surface area contributed by atoms with Crippen LogP contribution in [0.5, 0.6) is 0 Å². The molecule has 0 aliphatic heterocycles. The Morgan fingerprint density at radius 2 is 1.93 bits per heavy atom. The van der Waals surface area contributed by atoms with Crippen LogP contribution in [0.1, 0.15) is 41.0 Å². The molecule has 0 aromatic carbocycles. The second-order valence-corrected chi connectivity index (χ2v) is 4.56. The van der Waals surface area contributed by atoms with Gasteiger partial charge in [-0.3, -0.25) is 0 Å². The van der Waals surface area contributed by atoms with Crippen LogP contribution in [0.4, 0.5) is 4.79 Å². The van der Waals surface area contributed by atoms with Gasteiger partial charge in [0.05, 0.1) is 6.61 Å². The fraction of sp³-hybridized carbons (Fsp3) is 0.900. The van der Waals surface area contributed by atoms with Gasteiger partial charge in [0, 0.05) is 0 Å². The summed E-state index contributed by atoms with van der Waals surface area (Å²) in [6.45, 7) is 9.88. The molecule has 1 unspecified atom stereocenters. The van der Waals surface area contributed by atoms with Gasteiger partial charge in [-0.1, -0.05) is 27.7 Å². The maximum absolute atomic E-state index is 10.9. The first-order valence-corrected chi connectivity index (χ1v) is 5.02. The van der Waals surface area contributed by atoms with Crippen molar-refractivity contribution in [1.82, 2.24) is 0 Å². The Balaban J connectivity index is 3.48. The Morgan fingerprint density at radius 1 is 1.33 bits per heavy atom. The summed E-state index contributed by atoms with van der Waals surface area (Å²) in [5.41, 5.74) is -0.0516. The highest BCUT2D eigenvalue weighted by Gasteiger charge is 2.13. The van der Waals surface area contributed by atoms with Crippen LogP contribution in [0, 0.1) is 5.41 Å². The minimum absolute atomic E-state index is 0.0516. The number of rotatable bonds is 5. The molecule has 0 saturated heterocycles. The quantitative estimate of drug-likeness (QED) is 0.308. The van der Waals surface area contributed by atoms with Crippen LogP contribution in [-0.2, 0) is 19.6 Å². The van der Waals surface area contributed by atoms with Crippen LogP contribution in [-0.4, -0.2) is 18.9 Å². The van der Waals surface area contributed by atoms with E-state index in [0.29, 0.717) is 6.61 Å². The molecule has 0 amide bonds. The van der Waals surface area contributed by atoms with Crippen LogP contribution < -0.4 is 0 Å². The summed E-state index contributed by atoms with van der Waals surface area (Å²) in [5, 5.41) is 4.24. The predicted octanol–water partition coefficient (Wildman–Crippen LogP) is 2.85. The summed E-state index contributed by atoms with van der Waals surface area (Å²) in [4.78, 5) is 19.8. The van der Waals surface area contributed by atoms with Crippen molar-refractivity contribution < 1.29 is 24.3 Å². The summed E-state index contributed by atoms with van der Waals surface area (Å²) in [5.74, 6) is 0. The smallest absolute Gasteiger partial charge is 0.429 e. The lowest BCUT2D eigenvalue weighted by Crippen LogP contribution is -2.18. The van der Waals surface area contributed by atoms with Gasteiger partial charge in [-0.15, -0.1) is 0 Å². The Labute approximate surface area is 90.5 Å². The molecular weight excluding hydrogens is 200 g/mol. The first kappa shape index (κ1) is 14.2. The van der Waals surface area contributed by atoms with E-state index in [-0.39, 0.29) is 11.5 Å². The topological polar surface area (TPSA) is 54.0 Å². The normalized spacial score (nSPS) is 13.4. The summed E-state index contributed by atoms with van der Waals surface area (Å²) in [6.07, 6.45) is -0.361. The van der Waals surface area contributed by atoms with Crippen molar-refractivity contribution in [2.45, 2.75) is 47.1 Å². The van der Waals surface area contributed by atoms with E-state index in [1.165, 1.54) is 0 Å². The number of carbonyl (C=O) groups is 1. The molecule has 90 valence electrons. The number of ether oxygens (including phenoxy) is 1. The lowest BCUT2D eigenvalue weighted by molar-refractivity contribution is -0.491. The van der Waals surface area contributed by atoms with Gasteiger partial charge in [-0.05, 0) is 23.8 Å². The number of carbonyl (C=O) groups excluding carboxylic acids is 1. The minimum Gasteiger partial charge on any atom is -0.429 e. The van der Waals surface area contributed by atoms with E-state index in [2.05, 4.69) is 14.8 Å². The average molecular weight is 220 g/mol. The summed E-state index contributed by atoms with van der Waals surface area (Å²) < 4.78 is 4.77. The van der Waals surface area contributed by atoms with Crippen molar-refractivity contribution in [1.29, 1.82) is 0 Å². The van der Waals surface area contributed by atoms with Crippen molar-refractivity contribution in [3.8, 4) is 0 Å². The Hall–Kier alpha value is -0.810. The number of hydrogen-bond donors (Lipinski definition) is 0. The molecular formula is C10H20O5. The minimum atomic E-state index is -0.891. The van der Waals surface area contributed by atoms with E-state index in [1.54, 1.807) is 6.92 Å². The van der Waals surface area contributed by atoms with Gasteiger partial charge in [0.1, 0.15) is 6.10 Å². The third kappa shape index (κ3) is 9.49. The highest BCUT2D eigenvalue weighted by Crippen LogP contribution is 2.13. The van der Waals surface area contributed by atoms with Crippen LogP contribution in [0.3, 0.4) is 0 Å². The van der Waals surface area contributed by atoms with Crippen molar-refractivity contribution in [2.24, 2.45) is 5.41 Å². The van der Waals surface area contributed by atoms with Gasteiger partial charge in [0.25, 0.3) is 0 Å². The highest BCUT2D eigenvalue weighted by atomic mass is 17.5. The van der Waals surface area contributed by atoms with Gasteiger partial charge >= 0.3 is 6.16 Å². The van der Waals surface area contributed by atoms with Gasteiger partial charge < -0.3 is 4.74 Å². The fourth-order valence-corrected chi connectivity index (χ4v) is 0.520. The van der Waals surface area contributed by atoms with Gasteiger partial charge in [0.2, 0.25) is 0 Å². The van der Waals surface area contributed by atoms with Crippen LogP contribution in [0.25, 0.3) is 0 Å². The third-order valence-corrected chi connectivity index (χ3v) is 1.51. The molecule has 15 heavy (non-hydrogen) atoms. The monoisotopic (exact) mass is 220 g/mol. The molecule has 0 fully saturated rings. The Bertz CT molecular complexity index is 185. The van der Waals surface area contributed by atoms with Crippen molar-refractivity contribution in [3.05, 3.63) is 0 Å². The van der Waals surface area contributed by atoms with Crippen LogP contribution in [0.15, 0.2) is 0 Å². The molecule has 0 rings (SSSR count). The molecule has 5 heteroatoms. The zero-order chi connectivity index (χ0) is 11.9. The molecule has 0 N–H and O–H groups in total. The standard InChI is InChI=1S/C10H20O5/c1-6-8(2)13-9(11)14-15-12-7-10(3,4)5/h8H,6-7H2,1-5H3. The van der Waals surface area contributed by atoms with Gasteiger partial charge in [-0.25, -0.2) is 9.68 Å². The molecule has 0 saturated carbocycles. The number of hydrogen-bond acceptors (Lipinski definition) is 5. The highest BCUT2D eigenvalue weighted by molar-refractivity contribution is 5.59. The maximum atomic E-state index is 10.9. The molecule has 0 aromatic rings. The largest absolute Gasteiger partial charge is 0.542 e. The molecule has 1 atom stereocenters. The Kier molecular flexibility index (Phi) is 6.27. The third-order valence-electron chi connectivity index (χ3n) is 1.51. The average Bonchev–Trinajstić information content (AvgIpc) is 2.11. The van der Waals surface area contributed by atoms with Gasteiger partial charge in [0.15, 0.2) is 0 Å². The van der Waals surface area contributed by atoms with E-state index in [1.807, 2.05) is 27.7 Å². The molecule has 0 heterocycles. The molecule has 0 bridgehead atoms. The molecule has 5 nitrogen and oxygen atoms in total. The van der Waals surface area contributed by atoms with E-state index >= 15 is 0 Å². The zero-order valence-corrected chi connectivity index (χ0v) is 10.0. The first-order chi connectivity index (χ1) is 6.85. The van der Waals surface area contributed by atoms with Crippen molar-refractivity contribution in [2.75, 3.05) is 6.61 Å². The molecule has 0 radical (unpaired) electrons. The Morgan fingerprint density at radius 3 is 2.40 bits per heavy atom. The van der Waals surface area contributed by atoms with E-state index in [9.17, 15) is 4.79 Å². The lowest BCUT2D eigenvalue weighted by atomic mass is 9.99. The molecule has 0 aliphatic carbocycles. The van der Waals surface area contributed by atoms with Gasteiger partial charge in [-0.2, -0.15) is 4.89 Å². The van der Waals surface area contributed by atoms with Crippen LogP contribution >= 0.6 is 0 Å². The van der Waals surface area contributed by atoms with E-state index < -0.39 is 6.16 Å². The van der Waals surface area contributed by atoms with Crippen LogP contribution in [0.2, 0.25) is 0 Å². The van der Waals surface area contributed by atoms with Crippen molar-refractivity contribution in [3.63, 3.8) is 0 Å². The lowest BCUT2D eigenvalue weighted by Gasteiger charge is -2.15. The second kappa shape index (κ2) is 6.63. The van der Waals surface area contributed by atoms with E-state index in [0.717, 1.165) is 6.42 Å². The predicted molar refractivity (Wildman–Crippen MR) is 53.8 cm³/mol. The zero-order valence-electron chi connectivity index (χ0n) is 10.0. The molecule has 0 aromatic heterocycles. The summed E-state index contributed by atoms with van der Waals surface area (Å²) in [6, 6.07) is 0. The molecule has 0 aliphatic rings. The van der Waals surface area contributed by atoms with E-state index in [4.69, 9.17) is 4.74 Å². The second-order valence-electron chi connectivity index (χ2n) is 4.56. The SMILES string of the molecule is CCC(C)OC(=O)OOOCC(C)(C)C. The maximum Gasteiger partial charge on any atom is 0.542 e. The van der Waals surface area contributed by atoms with Crippen molar-refractivity contribution >= 4 is 6.16 Å². The fourth-order valence-electron chi connectivity index (χ4n) is 0.520. The summed E-state index contributed by atoms with van der Waals surface area (Å²) >= 11 is 0. The summed E-state index contributed by atoms with van der Waals surface area (Å²) in [7, 11) is 0. The molecule has 0 spiro atoms.